The van der Waals surface area contributed by atoms with Crippen molar-refractivity contribution in [3.05, 3.63) is 46.6 Å². The lowest BCUT2D eigenvalue weighted by atomic mass is 10.3. The van der Waals surface area contributed by atoms with Crippen molar-refractivity contribution in [2.45, 2.75) is 6.54 Å². The predicted molar refractivity (Wildman–Crippen MR) is 48.0 cm³/mol. The van der Waals surface area contributed by atoms with Crippen LogP contribution in [0.25, 0.3) is 16.0 Å². The molecule has 2 aromatic rings. The molecule has 0 spiro atoms. The highest BCUT2D eigenvalue weighted by atomic mass is 15.2. The standard InChI is InChI=1S/C8H7N5/c9-12-10-5-7-6-11-13-4-2-1-3-8(7)13/h1-4,6H,5H2. The molecule has 0 fully saturated rings. The van der Waals surface area contributed by atoms with E-state index in [4.69, 9.17) is 5.53 Å². The van der Waals surface area contributed by atoms with Gasteiger partial charge in [-0.3, -0.25) is 0 Å². The Balaban J connectivity index is 2.51. The summed E-state index contributed by atoms with van der Waals surface area (Å²) in [5.74, 6) is 0. The minimum absolute atomic E-state index is 0.351. The molecule has 0 atom stereocenters. The summed E-state index contributed by atoms with van der Waals surface area (Å²) in [7, 11) is 0. The zero-order chi connectivity index (χ0) is 9.10. The van der Waals surface area contributed by atoms with Crippen LogP contribution in [0.15, 0.2) is 35.7 Å². The number of rotatable bonds is 2. The lowest BCUT2D eigenvalue weighted by molar-refractivity contribution is 0.961. The van der Waals surface area contributed by atoms with Gasteiger partial charge in [-0.2, -0.15) is 5.10 Å². The first kappa shape index (κ1) is 7.64. The van der Waals surface area contributed by atoms with Crippen molar-refractivity contribution in [2.24, 2.45) is 5.11 Å². The summed E-state index contributed by atoms with van der Waals surface area (Å²) < 4.78 is 1.75. The largest absolute Gasteiger partial charge is 0.241 e. The van der Waals surface area contributed by atoms with E-state index in [0.29, 0.717) is 6.54 Å². The number of azide groups is 1. The van der Waals surface area contributed by atoms with Crippen LogP contribution in [-0.2, 0) is 6.54 Å². The Hall–Kier alpha value is -2.00. The summed E-state index contributed by atoms with van der Waals surface area (Å²) in [4.78, 5) is 2.71. The second-order valence-corrected chi connectivity index (χ2v) is 2.59. The average molecular weight is 173 g/mol. The van der Waals surface area contributed by atoms with Crippen molar-refractivity contribution in [1.29, 1.82) is 0 Å². The molecule has 0 radical (unpaired) electrons. The minimum atomic E-state index is 0.351. The molecule has 0 saturated heterocycles. The first-order valence-electron chi connectivity index (χ1n) is 3.84. The Morgan fingerprint density at radius 3 is 3.31 bits per heavy atom. The third kappa shape index (κ3) is 1.32. The molecule has 0 aliphatic carbocycles. The van der Waals surface area contributed by atoms with Gasteiger partial charge in [-0.15, -0.1) is 0 Å². The van der Waals surface area contributed by atoms with Gasteiger partial charge in [0.25, 0.3) is 0 Å². The molecule has 5 nitrogen and oxygen atoms in total. The van der Waals surface area contributed by atoms with Gasteiger partial charge in [-0.25, -0.2) is 4.52 Å². The van der Waals surface area contributed by atoms with Gasteiger partial charge in [0.2, 0.25) is 0 Å². The van der Waals surface area contributed by atoms with Gasteiger partial charge in [0, 0.05) is 16.7 Å². The van der Waals surface area contributed by atoms with E-state index in [1.165, 1.54) is 0 Å². The third-order valence-electron chi connectivity index (χ3n) is 1.81. The van der Waals surface area contributed by atoms with Crippen LogP contribution in [0.1, 0.15) is 5.56 Å². The highest BCUT2D eigenvalue weighted by Gasteiger charge is 2.00. The Morgan fingerprint density at radius 1 is 1.54 bits per heavy atom. The summed E-state index contributed by atoms with van der Waals surface area (Å²) in [5, 5.41) is 7.60. The van der Waals surface area contributed by atoms with E-state index in [2.05, 4.69) is 15.1 Å². The summed E-state index contributed by atoms with van der Waals surface area (Å²) in [6.45, 7) is 0.351. The van der Waals surface area contributed by atoms with Crippen LogP contribution >= 0.6 is 0 Å². The molecule has 13 heavy (non-hydrogen) atoms. The van der Waals surface area contributed by atoms with Crippen LogP contribution in [0.3, 0.4) is 0 Å². The summed E-state index contributed by atoms with van der Waals surface area (Å²) in [6, 6.07) is 5.77. The van der Waals surface area contributed by atoms with Crippen LogP contribution < -0.4 is 0 Å². The van der Waals surface area contributed by atoms with Gasteiger partial charge in [0.05, 0.1) is 18.3 Å². The number of hydrogen-bond donors (Lipinski definition) is 0. The average Bonchev–Trinajstić information content (AvgIpc) is 2.58. The molecule has 0 N–H and O–H groups in total. The van der Waals surface area contributed by atoms with Gasteiger partial charge in [0.1, 0.15) is 0 Å². The quantitative estimate of drug-likeness (QED) is 0.389. The smallest absolute Gasteiger partial charge is 0.0694 e. The molecule has 0 unspecified atom stereocenters. The normalized spacial score (nSPS) is 9.85. The molecule has 0 amide bonds. The first-order chi connectivity index (χ1) is 6.42. The van der Waals surface area contributed by atoms with Crippen molar-refractivity contribution >= 4 is 5.52 Å². The van der Waals surface area contributed by atoms with Crippen molar-refractivity contribution in [3.8, 4) is 0 Å². The number of aromatic nitrogens is 2. The van der Waals surface area contributed by atoms with Crippen molar-refractivity contribution in [1.82, 2.24) is 9.61 Å². The molecule has 0 aliphatic rings. The second-order valence-electron chi connectivity index (χ2n) is 2.59. The molecular weight excluding hydrogens is 166 g/mol. The Bertz CT molecular complexity index is 466. The van der Waals surface area contributed by atoms with Crippen LogP contribution in [-0.4, -0.2) is 9.61 Å². The van der Waals surface area contributed by atoms with Crippen LogP contribution in [0.2, 0.25) is 0 Å². The number of nitrogens with zero attached hydrogens (tertiary/aromatic N) is 5. The summed E-state index contributed by atoms with van der Waals surface area (Å²) >= 11 is 0. The molecule has 0 aromatic carbocycles. The molecule has 64 valence electrons. The highest BCUT2D eigenvalue weighted by molar-refractivity contribution is 5.53. The van der Waals surface area contributed by atoms with E-state index in [1.807, 2.05) is 24.4 Å². The lowest BCUT2D eigenvalue weighted by Gasteiger charge is -1.92. The third-order valence-corrected chi connectivity index (χ3v) is 1.81. The van der Waals surface area contributed by atoms with Gasteiger partial charge in [-0.1, -0.05) is 11.2 Å². The monoisotopic (exact) mass is 173 g/mol. The topological polar surface area (TPSA) is 66.1 Å². The fraction of sp³-hybridized carbons (Fsp3) is 0.125. The van der Waals surface area contributed by atoms with E-state index < -0.39 is 0 Å². The zero-order valence-electron chi connectivity index (χ0n) is 6.83. The summed E-state index contributed by atoms with van der Waals surface area (Å²) in [5.41, 5.74) is 10.1. The van der Waals surface area contributed by atoms with E-state index in [1.54, 1.807) is 10.7 Å². The van der Waals surface area contributed by atoms with Crippen LogP contribution in [0, 0.1) is 0 Å². The molecular formula is C8H7N5. The van der Waals surface area contributed by atoms with Gasteiger partial charge >= 0.3 is 0 Å². The molecule has 0 saturated carbocycles. The SMILES string of the molecule is [N-]=[N+]=NCc1cnn2ccccc12. The molecule has 0 bridgehead atoms. The Labute approximate surface area is 74.2 Å². The maximum atomic E-state index is 8.17. The number of hydrogen-bond acceptors (Lipinski definition) is 2. The van der Waals surface area contributed by atoms with Gasteiger partial charge in [-0.05, 0) is 17.7 Å². The van der Waals surface area contributed by atoms with E-state index in [9.17, 15) is 0 Å². The maximum absolute atomic E-state index is 8.17. The maximum Gasteiger partial charge on any atom is 0.0694 e. The zero-order valence-corrected chi connectivity index (χ0v) is 6.83. The van der Waals surface area contributed by atoms with Crippen molar-refractivity contribution < 1.29 is 0 Å². The molecule has 2 aromatic heterocycles. The predicted octanol–water partition coefficient (Wildman–Crippen LogP) is 2.14. The Kier molecular flexibility index (Phi) is 1.86. The fourth-order valence-corrected chi connectivity index (χ4v) is 1.22. The number of fused-ring (bicyclic) bond motifs is 1. The van der Waals surface area contributed by atoms with Crippen LogP contribution in [0.5, 0.6) is 0 Å². The van der Waals surface area contributed by atoms with Crippen molar-refractivity contribution in [2.75, 3.05) is 0 Å². The first-order valence-corrected chi connectivity index (χ1v) is 3.84. The van der Waals surface area contributed by atoms with E-state index in [0.717, 1.165) is 11.1 Å². The van der Waals surface area contributed by atoms with Crippen LogP contribution in [0.4, 0.5) is 0 Å². The van der Waals surface area contributed by atoms with Crippen molar-refractivity contribution in [3.63, 3.8) is 0 Å². The second kappa shape index (κ2) is 3.16. The molecule has 5 heteroatoms. The lowest BCUT2D eigenvalue weighted by Crippen LogP contribution is -1.84. The fourth-order valence-electron chi connectivity index (χ4n) is 1.22. The molecule has 2 heterocycles. The van der Waals surface area contributed by atoms with E-state index >= 15 is 0 Å². The number of pyridine rings is 1. The van der Waals surface area contributed by atoms with Gasteiger partial charge in [0.15, 0.2) is 0 Å². The minimum Gasteiger partial charge on any atom is -0.241 e. The van der Waals surface area contributed by atoms with E-state index in [-0.39, 0.29) is 0 Å². The Morgan fingerprint density at radius 2 is 2.46 bits per heavy atom. The molecule has 2 rings (SSSR count). The molecule has 0 aliphatic heterocycles. The summed E-state index contributed by atoms with van der Waals surface area (Å²) in [6.07, 6.45) is 3.57. The highest BCUT2D eigenvalue weighted by Crippen LogP contribution is 2.10. The van der Waals surface area contributed by atoms with Gasteiger partial charge < -0.3 is 0 Å².